The van der Waals surface area contributed by atoms with E-state index in [0.29, 0.717) is 0 Å². The number of rotatable bonds is 6. The number of ether oxygens (including phenoxy) is 1. The molecule has 1 aromatic rings. The molecule has 0 radical (unpaired) electrons. The molecule has 0 heterocycles. The van der Waals surface area contributed by atoms with Crippen molar-refractivity contribution in [1.82, 2.24) is 4.90 Å². The molecule has 25 heavy (non-hydrogen) atoms. The van der Waals surface area contributed by atoms with E-state index in [9.17, 15) is 14.4 Å². The van der Waals surface area contributed by atoms with Crippen LogP contribution in [0.3, 0.4) is 0 Å². The molecule has 136 valence electrons. The zero-order valence-electron chi connectivity index (χ0n) is 15.1. The van der Waals surface area contributed by atoms with Gasteiger partial charge in [0.2, 0.25) is 5.91 Å². The number of esters is 1. The summed E-state index contributed by atoms with van der Waals surface area (Å²) in [5, 5.41) is 2.83. The summed E-state index contributed by atoms with van der Waals surface area (Å²) in [5.74, 6) is -1.05. The molecule has 2 amide bonds. The van der Waals surface area contributed by atoms with Gasteiger partial charge in [0, 0.05) is 12.7 Å². The van der Waals surface area contributed by atoms with Crippen molar-refractivity contribution in [2.45, 2.75) is 39.5 Å². The first-order valence-corrected chi connectivity index (χ1v) is 8.65. The molecule has 0 saturated heterocycles. The van der Waals surface area contributed by atoms with Gasteiger partial charge in [-0.05, 0) is 37.8 Å². The standard InChI is InChI=1S/C19H26N2O4/c1-13-7-6-8-14(2)18(13)20-16(22)11-21(3)17(23)12-25-19(24)15-9-4-5-10-15/h6-8,15H,4-5,9-12H2,1-3H3,(H,20,22). The Morgan fingerprint density at radius 2 is 1.76 bits per heavy atom. The lowest BCUT2D eigenvalue weighted by atomic mass is 10.1. The van der Waals surface area contributed by atoms with Crippen molar-refractivity contribution >= 4 is 23.5 Å². The van der Waals surface area contributed by atoms with Gasteiger partial charge in [0.15, 0.2) is 6.61 Å². The Labute approximate surface area is 148 Å². The number of anilines is 1. The lowest BCUT2D eigenvalue weighted by molar-refractivity contribution is -0.155. The van der Waals surface area contributed by atoms with Crippen LogP contribution in [0.5, 0.6) is 0 Å². The Bertz CT molecular complexity index is 631. The van der Waals surface area contributed by atoms with E-state index < -0.39 is 0 Å². The number of para-hydroxylation sites is 1. The van der Waals surface area contributed by atoms with Gasteiger partial charge in [-0.15, -0.1) is 0 Å². The van der Waals surface area contributed by atoms with Crippen molar-refractivity contribution in [2.75, 3.05) is 25.5 Å². The first-order valence-electron chi connectivity index (χ1n) is 8.65. The Hall–Kier alpha value is -2.37. The number of nitrogens with zero attached hydrogens (tertiary/aromatic N) is 1. The number of aryl methyl sites for hydroxylation is 2. The highest BCUT2D eigenvalue weighted by Gasteiger charge is 2.25. The number of hydrogen-bond acceptors (Lipinski definition) is 4. The van der Waals surface area contributed by atoms with Gasteiger partial charge in [-0.1, -0.05) is 31.0 Å². The fraction of sp³-hybridized carbons (Fsp3) is 0.526. The fourth-order valence-corrected chi connectivity index (χ4v) is 3.02. The van der Waals surface area contributed by atoms with Crippen LogP contribution in [0.15, 0.2) is 18.2 Å². The SMILES string of the molecule is Cc1cccc(C)c1NC(=O)CN(C)C(=O)COC(=O)C1CCCC1. The van der Waals surface area contributed by atoms with E-state index in [0.717, 1.165) is 42.5 Å². The third-order valence-electron chi connectivity index (χ3n) is 4.58. The molecule has 1 N–H and O–H groups in total. The van der Waals surface area contributed by atoms with E-state index in [1.54, 1.807) is 0 Å². The average Bonchev–Trinajstić information content (AvgIpc) is 3.10. The van der Waals surface area contributed by atoms with E-state index in [-0.39, 0.29) is 36.9 Å². The number of nitrogens with one attached hydrogen (secondary N) is 1. The third kappa shape index (κ3) is 5.31. The molecule has 1 saturated carbocycles. The van der Waals surface area contributed by atoms with Crippen molar-refractivity contribution in [3.63, 3.8) is 0 Å². The largest absolute Gasteiger partial charge is 0.455 e. The van der Waals surface area contributed by atoms with E-state index in [2.05, 4.69) is 5.32 Å². The molecule has 1 aromatic carbocycles. The molecule has 0 bridgehead atoms. The Morgan fingerprint density at radius 3 is 2.36 bits per heavy atom. The predicted octanol–water partition coefficient (Wildman–Crippen LogP) is 2.43. The van der Waals surface area contributed by atoms with Crippen molar-refractivity contribution in [3.8, 4) is 0 Å². The molecular formula is C19H26N2O4. The van der Waals surface area contributed by atoms with Crippen molar-refractivity contribution in [3.05, 3.63) is 29.3 Å². The summed E-state index contributed by atoms with van der Waals surface area (Å²) >= 11 is 0. The van der Waals surface area contributed by atoms with E-state index in [4.69, 9.17) is 4.74 Å². The number of carbonyl (C=O) groups excluding carboxylic acids is 3. The number of likely N-dealkylation sites (N-methyl/N-ethyl adjacent to an activating group) is 1. The quantitative estimate of drug-likeness (QED) is 0.803. The summed E-state index contributed by atoms with van der Waals surface area (Å²) < 4.78 is 5.09. The second kappa shape index (κ2) is 8.65. The Kier molecular flexibility index (Phi) is 6.56. The van der Waals surface area contributed by atoms with Crippen LogP contribution < -0.4 is 5.32 Å². The minimum absolute atomic E-state index is 0.0783. The molecule has 6 heteroatoms. The minimum Gasteiger partial charge on any atom is -0.455 e. The van der Waals surface area contributed by atoms with Gasteiger partial charge in [-0.2, -0.15) is 0 Å². The second-order valence-electron chi connectivity index (χ2n) is 6.65. The summed E-state index contributed by atoms with van der Waals surface area (Å²) in [6, 6.07) is 5.76. The van der Waals surface area contributed by atoms with Crippen LogP contribution in [-0.4, -0.2) is 42.9 Å². The summed E-state index contributed by atoms with van der Waals surface area (Å²) in [5.41, 5.74) is 2.70. The number of benzene rings is 1. The fourth-order valence-electron chi connectivity index (χ4n) is 3.02. The average molecular weight is 346 g/mol. The lowest BCUT2D eigenvalue weighted by Crippen LogP contribution is -2.38. The van der Waals surface area contributed by atoms with Crippen molar-refractivity contribution in [1.29, 1.82) is 0 Å². The van der Waals surface area contributed by atoms with Gasteiger partial charge in [0.25, 0.3) is 5.91 Å². The zero-order chi connectivity index (χ0) is 18.4. The summed E-state index contributed by atoms with van der Waals surface area (Å²) in [7, 11) is 1.52. The topological polar surface area (TPSA) is 75.7 Å². The van der Waals surface area contributed by atoms with Crippen LogP contribution in [-0.2, 0) is 19.1 Å². The second-order valence-corrected chi connectivity index (χ2v) is 6.65. The summed E-state index contributed by atoms with van der Waals surface area (Å²) in [6.45, 7) is 3.43. The molecule has 1 aliphatic rings. The van der Waals surface area contributed by atoms with Gasteiger partial charge in [0.1, 0.15) is 0 Å². The first kappa shape index (κ1) is 19.0. The third-order valence-corrected chi connectivity index (χ3v) is 4.58. The molecule has 0 aromatic heterocycles. The lowest BCUT2D eigenvalue weighted by Gasteiger charge is -2.18. The van der Waals surface area contributed by atoms with Crippen molar-refractivity contribution in [2.24, 2.45) is 5.92 Å². The van der Waals surface area contributed by atoms with Crippen LogP contribution in [0, 0.1) is 19.8 Å². The van der Waals surface area contributed by atoms with Crippen LogP contribution in [0.2, 0.25) is 0 Å². The maximum absolute atomic E-state index is 12.2. The van der Waals surface area contributed by atoms with E-state index in [1.807, 2.05) is 32.0 Å². The Balaban J connectivity index is 1.79. The summed E-state index contributed by atoms with van der Waals surface area (Å²) in [4.78, 5) is 37.3. The maximum atomic E-state index is 12.2. The maximum Gasteiger partial charge on any atom is 0.309 e. The van der Waals surface area contributed by atoms with Gasteiger partial charge >= 0.3 is 5.97 Å². The number of carbonyl (C=O) groups is 3. The normalized spacial score (nSPS) is 14.2. The van der Waals surface area contributed by atoms with Crippen LogP contribution in [0.1, 0.15) is 36.8 Å². The number of hydrogen-bond donors (Lipinski definition) is 1. The first-order chi connectivity index (χ1) is 11.9. The molecule has 2 rings (SSSR count). The Morgan fingerprint density at radius 1 is 1.16 bits per heavy atom. The molecule has 0 unspecified atom stereocenters. The van der Waals surface area contributed by atoms with E-state index >= 15 is 0 Å². The van der Waals surface area contributed by atoms with Gasteiger partial charge in [0.05, 0.1) is 12.5 Å². The highest BCUT2D eigenvalue weighted by molar-refractivity contribution is 5.96. The zero-order valence-corrected chi connectivity index (χ0v) is 15.1. The predicted molar refractivity (Wildman–Crippen MR) is 95.1 cm³/mol. The monoisotopic (exact) mass is 346 g/mol. The molecule has 1 aliphatic carbocycles. The molecular weight excluding hydrogens is 320 g/mol. The highest BCUT2D eigenvalue weighted by Crippen LogP contribution is 2.25. The van der Waals surface area contributed by atoms with E-state index in [1.165, 1.54) is 11.9 Å². The molecule has 0 atom stereocenters. The molecule has 6 nitrogen and oxygen atoms in total. The molecule has 0 spiro atoms. The van der Waals surface area contributed by atoms with Gasteiger partial charge in [-0.3, -0.25) is 14.4 Å². The smallest absolute Gasteiger partial charge is 0.309 e. The summed E-state index contributed by atoms with van der Waals surface area (Å²) in [6.07, 6.45) is 3.74. The van der Waals surface area contributed by atoms with Crippen molar-refractivity contribution < 1.29 is 19.1 Å². The molecule has 0 aliphatic heterocycles. The van der Waals surface area contributed by atoms with Gasteiger partial charge in [-0.25, -0.2) is 0 Å². The minimum atomic E-state index is -0.386. The van der Waals surface area contributed by atoms with Crippen LogP contribution in [0.4, 0.5) is 5.69 Å². The number of amides is 2. The van der Waals surface area contributed by atoms with Crippen LogP contribution >= 0.6 is 0 Å². The van der Waals surface area contributed by atoms with Gasteiger partial charge < -0.3 is 15.0 Å². The van der Waals surface area contributed by atoms with Crippen LogP contribution in [0.25, 0.3) is 0 Å². The highest BCUT2D eigenvalue weighted by atomic mass is 16.5. The molecule has 1 fully saturated rings.